The summed E-state index contributed by atoms with van der Waals surface area (Å²) in [4.78, 5) is 10.3. The van der Waals surface area contributed by atoms with Gasteiger partial charge in [0.1, 0.15) is 6.10 Å². The fourth-order valence-corrected chi connectivity index (χ4v) is 0.681. The number of primary amides is 1. The SMILES string of the molecule is COCCCNCC(O)C(N)=O. The Kier molecular flexibility index (Phi) is 6.64. The molecule has 0 aliphatic carbocycles. The van der Waals surface area contributed by atoms with Crippen LogP contribution >= 0.6 is 0 Å². The lowest BCUT2D eigenvalue weighted by atomic mass is 10.3. The number of carbonyl (C=O) groups excluding carboxylic acids is 1. The van der Waals surface area contributed by atoms with Crippen LogP contribution in [0.25, 0.3) is 0 Å². The molecule has 0 radical (unpaired) electrons. The topological polar surface area (TPSA) is 84.6 Å². The van der Waals surface area contributed by atoms with Gasteiger partial charge in [0.25, 0.3) is 0 Å². The van der Waals surface area contributed by atoms with E-state index in [1.54, 1.807) is 7.11 Å². The van der Waals surface area contributed by atoms with Gasteiger partial charge in [-0.3, -0.25) is 4.79 Å². The third kappa shape index (κ3) is 6.09. The van der Waals surface area contributed by atoms with Crippen LogP contribution in [0.3, 0.4) is 0 Å². The summed E-state index contributed by atoms with van der Waals surface area (Å²) >= 11 is 0. The quantitative estimate of drug-likeness (QED) is 0.410. The number of aliphatic hydroxyl groups is 1. The molecule has 0 rings (SSSR count). The molecule has 1 unspecified atom stereocenters. The van der Waals surface area contributed by atoms with Gasteiger partial charge in [-0.15, -0.1) is 0 Å². The van der Waals surface area contributed by atoms with Gasteiger partial charge in [-0.1, -0.05) is 0 Å². The van der Waals surface area contributed by atoms with E-state index in [9.17, 15) is 4.79 Å². The van der Waals surface area contributed by atoms with Crippen LogP contribution in [0.4, 0.5) is 0 Å². The van der Waals surface area contributed by atoms with E-state index in [4.69, 9.17) is 15.6 Å². The molecule has 12 heavy (non-hydrogen) atoms. The monoisotopic (exact) mass is 176 g/mol. The second kappa shape index (κ2) is 7.02. The number of rotatable bonds is 7. The first-order valence-electron chi connectivity index (χ1n) is 3.85. The number of ether oxygens (including phenoxy) is 1. The van der Waals surface area contributed by atoms with E-state index in [1.807, 2.05) is 0 Å². The van der Waals surface area contributed by atoms with Crippen LogP contribution in [-0.4, -0.2) is 43.9 Å². The molecular formula is C7H16N2O3. The molecule has 0 heterocycles. The highest BCUT2D eigenvalue weighted by molar-refractivity contribution is 5.78. The standard InChI is InChI=1S/C7H16N2O3/c1-12-4-2-3-9-5-6(10)7(8)11/h6,9-10H,2-5H2,1H3,(H2,8,11). The Morgan fingerprint density at radius 2 is 2.42 bits per heavy atom. The van der Waals surface area contributed by atoms with Crippen molar-refractivity contribution >= 4 is 5.91 Å². The van der Waals surface area contributed by atoms with E-state index in [0.717, 1.165) is 6.42 Å². The highest BCUT2D eigenvalue weighted by Gasteiger charge is 2.08. The molecule has 0 spiro atoms. The van der Waals surface area contributed by atoms with Crippen molar-refractivity contribution < 1.29 is 14.6 Å². The van der Waals surface area contributed by atoms with Crippen LogP contribution in [0.5, 0.6) is 0 Å². The van der Waals surface area contributed by atoms with Gasteiger partial charge in [-0.05, 0) is 13.0 Å². The van der Waals surface area contributed by atoms with E-state index < -0.39 is 12.0 Å². The third-order valence-electron chi connectivity index (χ3n) is 1.37. The molecule has 0 saturated carbocycles. The Labute approximate surface area is 71.9 Å². The van der Waals surface area contributed by atoms with Crippen molar-refractivity contribution in [1.82, 2.24) is 5.32 Å². The Hall–Kier alpha value is -0.650. The van der Waals surface area contributed by atoms with E-state index >= 15 is 0 Å². The summed E-state index contributed by atoms with van der Waals surface area (Å²) in [6.07, 6.45) is -0.241. The lowest BCUT2D eigenvalue weighted by Crippen LogP contribution is -2.38. The molecule has 72 valence electrons. The Morgan fingerprint density at radius 1 is 1.75 bits per heavy atom. The third-order valence-corrected chi connectivity index (χ3v) is 1.37. The van der Waals surface area contributed by atoms with Gasteiger partial charge in [0.2, 0.25) is 5.91 Å². The molecule has 4 N–H and O–H groups in total. The predicted octanol–water partition coefficient (Wildman–Crippen LogP) is -1.54. The molecule has 5 nitrogen and oxygen atoms in total. The number of hydrogen-bond donors (Lipinski definition) is 3. The first kappa shape index (κ1) is 11.4. The fraction of sp³-hybridized carbons (Fsp3) is 0.857. The first-order chi connectivity index (χ1) is 5.68. The van der Waals surface area contributed by atoms with Crippen molar-refractivity contribution in [1.29, 1.82) is 0 Å². The van der Waals surface area contributed by atoms with Gasteiger partial charge in [0.05, 0.1) is 0 Å². The molecule has 0 aliphatic heterocycles. The summed E-state index contributed by atoms with van der Waals surface area (Å²) < 4.78 is 4.80. The summed E-state index contributed by atoms with van der Waals surface area (Å²) in [5, 5.41) is 11.8. The predicted molar refractivity (Wildman–Crippen MR) is 44.6 cm³/mol. The molecule has 0 aromatic rings. The molecule has 1 amide bonds. The molecule has 0 aliphatic rings. The first-order valence-corrected chi connectivity index (χ1v) is 3.85. The van der Waals surface area contributed by atoms with Crippen molar-refractivity contribution in [2.45, 2.75) is 12.5 Å². The van der Waals surface area contributed by atoms with Crippen molar-refractivity contribution in [3.8, 4) is 0 Å². The van der Waals surface area contributed by atoms with Crippen LogP contribution in [0, 0.1) is 0 Å². The summed E-state index contributed by atoms with van der Waals surface area (Å²) in [5.41, 5.74) is 4.82. The number of carbonyl (C=O) groups is 1. The zero-order valence-electron chi connectivity index (χ0n) is 7.25. The Balaban J connectivity index is 3.14. The summed E-state index contributed by atoms with van der Waals surface area (Å²) in [6, 6.07) is 0. The molecule has 5 heteroatoms. The van der Waals surface area contributed by atoms with E-state index in [-0.39, 0.29) is 6.54 Å². The summed E-state index contributed by atoms with van der Waals surface area (Å²) in [5.74, 6) is -0.700. The van der Waals surface area contributed by atoms with Gasteiger partial charge in [0.15, 0.2) is 0 Å². The number of amides is 1. The Bertz CT molecular complexity index is 130. The maximum Gasteiger partial charge on any atom is 0.247 e. The van der Waals surface area contributed by atoms with Gasteiger partial charge >= 0.3 is 0 Å². The van der Waals surface area contributed by atoms with Crippen molar-refractivity contribution in [2.24, 2.45) is 5.73 Å². The lowest BCUT2D eigenvalue weighted by Gasteiger charge is -2.07. The van der Waals surface area contributed by atoms with Crippen molar-refractivity contribution in [3.05, 3.63) is 0 Å². The van der Waals surface area contributed by atoms with E-state index in [2.05, 4.69) is 5.32 Å². The molecule has 1 atom stereocenters. The maximum absolute atomic E-state index is 10.3. The molecular weight excluding hydrogens is 160 g/mol. The van der Waals surface area contributed by atoms with Gasteiger partial charge in [0, 0.05) is 20.3 Å². The largest absolute Gasteiger partial charge is 0.385 e. The highest BCUT2D eigenvalue weighted by Crippen LogP contribution is 1.80. The van der Waals surface area contributed by atoms with Crippen LogP contribution in [-0.2, 0) is 9.53 Å². The summed E-state index contributed by atoms with van der Waals surface area (Å²) in [6.45, 7) is 1.58. The average Bonchev–Trinajstić information content (AvgIpc) is 2.03. The Morgan fingerprint density at radius 3 is 2.92 bits per heavy atom. The highest BCUT2D eigenvalue weighted by atomic mass is 16.5. The number of methoxy groups -OCH3 is 1. The lowest BCUT2D eigenvalue weighted by molar-refractivity contribution is -0.125. The van der Waals surface area contributed by atoms with Gasteiger partial charge in [-0.2, -0.15) is 0 Å². The number of nitrogens with two attached hydrogens (primary N) is 1. The van der Waals surface area contributed by atoms with Crippen LogP contribution in [0.15, 0.2) is 0 Å². The average molecular weight is 176 g/mol. The van der Waals surface area contributed by atoms with Crippen LogP contribution in [0.1, 0.15) is 6.42 Å². The molecule has 0 saturated heterocycles. The molecule has 0 fully saturated rings. The summed E-state index contributed by atoms with van der Waals surface area (Å²) in [7, 11) is 1.62. The molecule has 0 bridgehead atoms. The van der Waals surface area contributed by atoms with Crippen LogP contribution in [0.2, 0.25) is 0 Å². The molecule has 0 aromatic carbocycles. The normalized spacial score (nSPS) is 12.8. The maximum atomic E-state index is 10.3. The smallest absolute Gasteiger partial charge is 0.247 e. The minimum atomic E-state index is -1.09. The minimum absolute atomic E-state index is 0.207. The molecule has 0 aromatic heterocycles. The fourth-order valence-electron chi connectivity index (χ4n) is 0.681. The number of hydrogen-bond acceptors (Lipinski definition) is 4. The minimum Gasteiger partial charge on any atom is -0.385 e. The number of aliphatic hydroxyl groups excluding tert-OH is 1. The van der Waals surface area contributed by atoms with Gasteiger partial charge < -0.3 is 20.9 Å². The van der Waals surface area contributed by atoms with Crippen LogP contribution < -0.4 is 11.1 Å². The second-order valence-electron chi connectivity index (χ2n) is 2.47. The van der Waals surface area contributed by atoms with E-state index in [1.165, 1.54) is 0 Å². The van der Waals surface area contributed by atoms with E-state index in [0.29, 0.717) is 13.2 Å². The van der Waals surface area contributed by atoms with Crippen molar-refractivity contribution in [2.75, 3.05) is 26.8 Å². The van der Waals surface area contributed by atoms with Gasteiger partial charge in [-0.25, -0.2) is 0 Å². The zero-order valence-corrected chi connectivity index (χ0v) is 7.25. The van der Waals surface area contributed by atoms with Crippen molar-refractivity contribution in [3.63, 3.8) is 0 Å². The number of nitrogens with one attached hydrogen (secondary N) is 1. The second-order valence-corrected chi connectivity index (χ2v) is 2.47. The zero-order chi connectivity index (χ0) is 9.40.